The van der Waals surface area contributed by atoms with Gasteiger partial charge in [-0.3, -0.25) is 9.59 Å². The van der Waals surface area contributed by atoms with Crippen LogP contribution < -0.4 is 10.6 Å². The fourth-order valence-corrected chi connectivity index (χ4v) is 6.19. The van der Waals surface area contributed by atoms with E-state index in [0.717, 1.165) is 42.8 Å². The number of carbonyl (C=O) groups excluding carboxylic acids is 1. The summed E-state index contributed by atoms with van der Waals surface area (Å²) in [4.78, 5) is 26.1. The highest BCUT2D eigenvalue weighted by molar-refractivity contribution is 7.16. The first-order chi connectivity index (χ1) is 14.9. The molecule has 166 valence electrons. The molecule has 0 saturated heterocycles. The Bertz CT molecular complexity index is 948. The SMILES string of the molecule is CC(C)c1ccc(NCc2c(NC(=O)C3CCCCC3C(=O)O)sc3c2CCC3)cc1. The summed E-state index contributed by atoms with van der Waals surface area (Å²) in [5, 5.41) is 17.1. The van der Waals surface area contributed by atoms with Crippen LogP contribution in [0.15, 0.2) is 24.3 Å². The smallest absolute Gasteiger partial charge is 0.307 e. The largest absolute Gasteiger partial charge is 0.481 e. The Morgan fingerprint density at radius 1 is 1.06 bits per heavy atom. The number of carbonyl (C=O) groups is 2. The predicted octanol–water partition coefficient (Wildman–Crippen LogP) is 5.80. The van der Waals surface area contributed by atoms with Crippen molar-refractivity contribution < 1.29 is 14.7 Å². The highest BCUT2D eigenvalue weighted by Crippen LogP contribution is 2.40. The lowest BCUT2D eigenvalue weighted by molar-refractivity contribution is -0.147. The summed E-state index contributed by atoms with van der Waals surface area (Å²) >= 11 is 1.67. The molecule has 0 aliphatic heterocycles. The number of aliphatic carboxylic acids is 1. The summed E-state index contributed by atoms with van der Waals surface area (Å²) in [5.41, 5.74) is 4.92. The Kier molecular flexibility index (Phi) is 6.65. The molecule has 5 nitrogen and oxygen atoms in total. The van der Waals surface area contributed by atoms with Crippen LogP contribution in [0.2, 0.25) is 0 Å². The molecule has 1 fully saturated rings. The molecule has 1 aromatic carbocycles. The fourth-order valence-electron chi connectivity index (χ4n) is 4.88. The standard InChI is InChI=1S/C25H32N2O3S/c1-15(2)16-10-12-17(13-11-16)26-14-21-18-8-5-9-22(18)31-24(21)27-23(28)19-6-3-4-7-20(19)25(29)30/h10-13,15,19-20,26H,3-9,14H2,1-2H3,(H,27,28)(H,29,30). The summed E-state index contributed by atoms with van der Waals surface area (Å²) in [5.74, 6) is -1.48. The number of rotatable bonds is 7. The third kappa shape index (κ3) is 4.79. The van der Waals surface area contributed by atoms with Crippen LogP contribution in [0.3, 0.4) is 0 Å². The number of aryl methyl sites for hydroxylation is 1. The van der Waals surface area contributed by atoms with Gasteiger partial charge in [-0.05, 0) is 61.3 Å². The maximum atomic E-state index is 13.0. The Balaban J connectivity index is 1.50. The molecule has 0 bridgehead atoms. The number of nitrogens with one attached hydrogen (secondary N) is 2. The van der Waals surface area contributed by atoms with Crippen molar-refractivity contribution in [2.45, 2.75) is 71.3 Å². The van der Waals surface area contributed by atoms with Gasteiger partial charge in [0.1, 0.15) is 5.00 Å². The van der Waals surface area contributed by atoms with Crippen LogP contribution in [0, 0.1) is 11.8 Å². The molecular weight excluding hydrogens is 408 g/mol. The van der Waals surface area contributed by atoms with E-state index >= 15 is 0 Å². The van der Waals surface area contributed by atoms with Gasteiger partial charge in [0, 0.05) is 22.7 Å². The van der Waals surface area contributed by atoms with Crippen molar-refractivity contribution in [3.8, 4) is 0 Å². The van der Waals surface area contributed by atoms with Gasteiger partial charge < -0.3 is 15.7 Å². The Morgan fingerprint density at radius 2 is 1.77 bits per heavy atom. The molecule has 6 heteroatoms. The molecule has 2 aliphatic carbocycles. The van der Waals surface area contributed by atoms with Gasteiger partial charge in [-0.1, -0.05) is 38.8 Å². The van der Waals surface area contributed by atoms with Gasteiger partial charge in [-0.15, -0.1) is 11.3 Å². The highest BCUT2D eigenvalue weighted by atomic mass is 32.1. The van der Waals surface area contributed by atoms with Crippen LogP contribution in [0.25, 0.3) is 0 Å². The van der Waals surface area contributed by atoms with Gasteiger partial charge in [0.15, 0.2) is 0 Å². The number of fused-ring (bicyclic) bond motifs is 1. The van der Waals surface area contributed by atoms with Crippen molar-refractivity contribution in [2.24, 2.45) is 11.8 Å². The molecule has 4 rings (SSSR count). The van der Waals surface area contributed by atoms with E-state index in [4.69, 9.17) is 0 Å². The first kappa shape index (κ1) is 21.9. The molecule has 1 heterocycles. The fraction of sp³-hybridized carbons (Fsp3) is 0.520. The molecule has 31 heavy (non-hydrogen) atoms. The number of hydrogen-bond donors (Lipinski definition) is 3. The van der Waals surface area contributed by atoms with Crippen molar-refractivity contribution in [1.29, 1.82) is 0 Å². The van der Waals surface area contributed by atoms with Crippen LogP contribution in [0.1, 0.15) is 73.4 Å². The topological polar surface area (TPSA) is 78.4 Å². The summed E-state index contributed by atoms with van der Waals surface area (Å²) in [6.07, 6.45) is 6.33. The molecular formula is C25H32N2O3S. The normalized spacial score (nSPS) is 20.5. The van der Waals surface area contributed by atoms with Crippen LogP contribution in [-0.4, -0.2) is 17.0 Å². The van der Waals surface area contributed by atoms with Gasteiger partial charge in [-0.2, -0.15) is 0 Å². The molecule has 0 spiro atoms. The number of carboxylic acids is 1. The van der Waals surface area contributed by atoms with Gasteiger partial charge in [0.05, 0.1) is 11.8 Å². The average Bonchev–Trinajstić information content (AvgIpc) is 3.34. The van der Waals surface area contributed by atoms with E-state index < -0.39 is 17.8 Å². The Hall–Kier alpha value is -2.34. The highest BCUT2D eigenvalue weighted by Gasteiger charge is 2.36. The first-order valence-corrected chi connectivity index (χ1v) is 12.3. The summed E-state index contributed by atoms with van der Waals surface area (Å²) in [6.45, 7) is 5.04. The minimum atomic E-state index is -0.847. The molecule has 1 amide bonds. The third-order valence-electron chi connectivity index (χ3n) is 6.73. The Labute approximate surface area is 188 Å². The Morgan fingerprint density at radius 3 is 2.45 bits per heavy atom. The van der Waals surface area contributed by atoms with Crippen molar-refractivity contribution in [3.05, 3.63) is 45.8 Å². The maximum Gasteiger partial charge on any atom is 0.307 e. The van der Waals surface area contributed by atoms with E-state index in [1.165, 1.54) is 21.6 Å². The second-order valence-corrected chi connectivity index (χ2v) is 10.2. The van der Waals surface area contributed by atoms with Crippen LogP contribution in [0.5, 0.6) is 0 Å². The second kappa shape index (κ2) is 9.43. The number of anilines is 2. The van der Waals surface area contributed by atoms with Gasteiger partial charge in [0.25, 0.3) is 0 Å². The molecule has 3 N–H and O–H groups in total. The molecule has 0 radical (unpaired) electrons. The van der Waals surface area contributed by atoms with Crippen molar-refractivity contribution in [3.63, 3.8) is 0 Å². The first-order valence-electron chi connectivity index (χ1n) is 11.4. The number of carboxylic acid groups (broad SMARTS) is 1. The van der Waals surface area contributed by atoms with Gasteiger partial charge in [-0.25, -0.2) is 0 Å². The number of amides is 1. The summed E-state index contributed by atoms with van der Waals surface area (Å²) in [7, 11) is 0. The minimum absolute atomic E-state index is 0.130. The quantitative estimate of drug-likeness (QED) is 0.508. The molecule has 1 saturated carbocycles. The molecule has 2 unspecified atom stereocenters. The van der Waals surface area contributed by atoms with E-state index in [1.807, 2.05) is 0 Å². The lowest BCUT2D eigenvalue weighted by Crippen LogP contribution is -2.36. The molecule has 2 aliphatic rings. The van der Waals surface area contributed by atoms with E-state index in [-0.39, 0.29) is 5.91 Å². The van der Waals surface area contributed by atoms with E-state index in [0.29, 0.717) is 25.3 Å². The second-order valence-electron chi connectivity index (χ2n) is 9.12. The number of thiophene rings is 1. The third-order valence-corrected chi connectivity index (χ3v) is 7.98. The zero-order valence-corrected chi connectivity index (χ0v) is 19.2. The minimum Gasteiger partial charge on any atom is -0.481 e. The lowest BCUT2D eigenvalue weighted by Gasteiger charge is -2.27. The number of hydrogen-bond acceptors (Lipinski definition) is 4. The zero-order chi connectivity index (χ0) is 22.0. The maximum absolute atomic E-state index is 13.0. The monoisotopic (exact) mass is 440 g/mol. The van der Waals surface area contributed by atoms with Crippen LogP contribution in [-0.2, 0) is 29.0 Å². The van der Waals surface area contributed by atoms with Crippen molar-refractivity contribution in [2.75, 3.05) is 10.6 Å². The predicted molar refractivity (Wildman–Crippen MR) is 126 cm³/mol. The zero-order valence-electron chi connectivity index (χ0n) is 18.4. The summed E-state index contributed by atoms with van der Waals surface area (Å²) < 4.78 is 0. The van der Waals surface area contributed by atoms with Crippen LogP contribution >= 0.6 is 11.3 Å². The van der Waals surface area contributed by atoms with Crippen molar-refractivity contribution >= 4 is 33.9 Å². The van der Waals surface area contributed by atoms with Crippen molar-refractivity contribution in [1.82, 2.24) is 0 Å². The lowest BCUT2D eigenvalue weighted by atomic mass is 9.79. The molecule has 2 aromatic rings. The van der Waals surface area contributed by atoms with Gasteiger partial charge >= 0.3 is 5.97 Å². The summed E-state index contributed by atoms with van der Waals surface area (Å²) in [6, 6.07) is 8.53. The molecule has 2 atom stereocenters. The van der Waals surface area contributed by atoms with E-state index in [9.17, 15) is 14.7 Å². The average molecular weight is 441 g/mol. The molecule has 1 aromatic heterocycles. The van der Waals surface area contributed by atoms with E-state index in [1.54, 1.807) is 11.3 Å². The number of benzene rings is 1. The van der Waals surface area contributed by atoms with Gasteiger partial charge in [0.2, 0.25) is 5.91 Å². The van der Waals surface area contributed by atoms with Crippen LogP contribution in [0.4, 0.5) is 10.7 Å². The van der Waals surface area contributed by atoms with E-state index in [2.05, 4.69) is 48.7 Å².